The molecule has 21 heavy (non-hydrogen) atoms. The van der Waals surface area contributed by atoms with Crippen molar-refractivity contribution in [2.45, 2.75) is 0 Å². The number of rotatable bonds is 4. The van der Waals surface area contributed by atoms with Crippen LogP contribution in [0.2, 0.25) is 5.02 Å². The molecule has 0 fully saturated rings. The predicted octanol–water partition coefficient (Wildman–Crippen LogP) is 3.27. The average molecular weight is 346 g/mol. The molecule has 1 aromatic carbocycles. The van der Waals surface area contributed by atoms with Gasteiger partial charge in [-0.15, -0.1) is 11.3 Å². The molecule has 0 atom stereocenters. The van der Waals surface area contributed by atoms with Crippen LogP contribution in [0.5, 0.6) is 0 Å². The van der Waals surface area contributed by atoms with E-state index in [2.05, 4.69) is 0 Å². The van der Waals surface area contributed by atoms with Crippen LogP contribution in [0.25, 0.3) is 6.08 Å². The molecule has 0 aliphatic carbocycles. The van der Waals surface area contributed by atoms with E-state index in [9.17, 15) is 17.6 Å². The summed E-state index contributed by atoms with van der Waals surface area (Å²) in [6, 6.07) is 6.58. The van der Waals surface area contributed by atoms with E-state index in [1.807, 2.05) is 4.72 Å². The van der Waals surface area contributed by atoms with Gasteiger partial charge in [-0.05, 0) is 35.7 Å². The Hall–Kier alpha value is -1.70. The molecule has 1 amide bonds. The lowest BCUT2D eigenvalue weighted by Crippen LogP contribution is -2.29. The molecule has 0 radical (unpaired) electrons. The molecule has 0 saturated heterocycles. The summed E-state index contributed by atoms with van der Waals surface area (Å²) in [6.07, 6.45) is 1.37. The molecule has 0 spiro atoms. The van der Waals surface area contributed by atoms with Gasteiger partial charge in [-0.25, -0.2) is 17.5 Å². The minimum Gasteiger partial charge on any atom is -0.268 e. The molecule has 4 nitrogen and oxygen atoms in total. The van der Waals surface area contributed by atoms with Gasteiger partial charge >= 0.3 is 0 Å². The first kappa shape index (κ1) is 15.7. The van der Waals surface area contributed by atoms with Gasteiger partial charge in [0.2, 0.25) is 0 Å². The molecule has 1 heterocycles. The minimum absolute atomic E-state index is 0.119. The normalized spacial score (nSPS) is 11.7. The van der Waals surface area contributed by atoms with Crippen LogP contribution in [-0.4, -0.2) is 14.3 Å². The molecule has 1 aromatic heterocycles. The number of amides is 1. The maximum atomic E-state index is 12.9. The summed E-state index contributed by atoms with van der Waals surface area (Å²) in [6.45, 7) is 0. The van der Waals surface area contributed by atoms with Crippen molar-refractivity contribution >= 4 is 44.9 Å². The minimum atomic E-state index is -3.96. The van der Waals surface area contributed by atoms with Crippen LogP contribution >= 0.6 is 22.9 Å². The highest BCUT2D eigenvalue weighted by Gasteiger charge is 2.16. The maximum Gasteiger partial charge on any atom is 0.266 e. The van der Waals surface area contributed by atoms with E-state index in [4.69, 9.17) is 11.6 Å². The smallest absolute Gasteiger partial charge is 0.266 e. The number of halogens is 2. The number of nitrogens with one attached hydrogen (secondary N) is 1. The standard InChI is InChI=1S/C13H9ClFNO3S2/c14-12-8-9(15)3-4-11(12)13(17)16-21(18,19)7-5-10-2-1-6-20-10/h1-8H,(H,16,17). The fourth-order valence-electron chi connectivity index (χ4n) is 1.43. The Kier molecular flexibility index (Phi) is 4.76. The van der Waals surface area contributed by atoms with E-state index in [1.165, 1.54) is 17.4 Å². The Labute approximate surface area is 129 Å². The van der Waals surface area contributed by atoms with Gasteiger partial charge in [-0.3, -0.25) is 4.79 Å². The van der Waals surface area contributed by atoms with Crippen molar-refractivity contribution in [3.8, 4) is 0 Å². The third kappa shape index (κ3) is 4.38. The number of thiophene rings is 1. The number of benzene rings is 1. The Balaban J connectivity index is 2.14. The van der Waals surface area contributed by atoms with Crippen molar-refractivity contribution in [2.75, 3.05) is 0 Å². The lowest BCUT2D eigenvalue weighted by Gasteiger charge is -2.05. The van der Waals surface area contributed by atoms with E-state index in [-0.39, 0.29) is 10.6 Å². The van der Waals surface area contributed by atoms with Gasteiger partial charge in [-0.2, -0.15) is 0 Å². The Morgan fingerprint density at radius 3 is 2.71 bits per heavy atom. The summed E-state index contributed by atoms with van der Waals surface area (Å²) in [7, 11) is -3.96. The molecule has 0 unspecified atom stereocenters. The summed E-state index contributed by atoms with van der Waals surface area (Å²) in [5.41, 5.74) is -0.119. The van der Waals surface area contributed by atoms with Crippen LogP contribution in [0, 0.1) is 5.82 Å². The number of hydrogen-bond acceptors (Lipinski definition) is 4. The Morgan fingerprint density at radius 1 is 1.33 bits per heavy atom. The van der Waals surface area contributed by atoms with Gasteiger partial charge in [0.25, 0.3) is 15.9 Å². The van der Waals surface area contributed by atoms with Crippen LogP contribution in [0.15, 0.2) is 41.1 Å². The zero-order valence-electron chi connectivity index (χ0n) is 10.4. The largest absolute Gasteiger partial charge is 0.268 e. The van der Waals surface area contributed by atoms with Crippen LogP contribution in [0.3, 0.4) is 0 Å². The average Bonchev–Trinajstić information content (AvgIpc) is 2.88. The first-order valence-corrected chi connectivity index (χ1v) is 8.41. The molecule has 0 aliphatic heterocycles. The van der Waals surface area contributed by atoms with Gasteiger partial charge in [0.1, 0.15) is 5.82 Å². The van der Waals surface area contributed by atoms with E-state index in [0.29, 0.717) is 0 Å². The van der Waals surface area contributed by atoms with E-state index < -0.39 is 21.7 Å². The predicted molar refractivity (Wildman–Crippen MR) is 81.1 cm³/mol. The van der Waals surface area contributed by atoms with Crippen LogP contribution in [-0.2, 0) is 10.0 Å². The fourth-order valence-corrected chi connectivity index (χ4v) is 3.15. The molecule has 0 bridgehead atoms. The molecular weight excluding hydrogens is 337 g/mol. The van der Waals surface area contributed by atoms with Crippen LogP contribution < -0.4 is 4.72 Å². The molecule has 8 heteroatoms. The SMILES string of the molecule is O=C(NS(=O)(=O)C=Cc1cccs1)c1ccc(F)cc1Cl. The molecule has 0 aliphatic rings. The van der Waals surface area contributed by atoms with Crippen molar-refractivity contribution in [3.63, 3.8) is 0 Å². The monoisotopic (exact) mass is 345 g/mol. The fraction of sp³-hybridized carbons (Fsp3) is 0. The lowest BCUT2D eigenvalue weighted by molar-refractivity contribution is 0.0982. The summed E-state index contributed by atoms with van der Waals surface area (Å²) >= 11 is 7.06. The van der Waals surface area contributed by atoms with Gasteiger partial charge < -0.3 is 0 Å². The molecular formula is C13H9ClFNO3S2. The summed E-state index contributed by atoms with van der Waals surface area (Å²) in [5, 5.41) is 2.52. The number of hydrogen-bond donors (Lipinski definition) is 1. The van der Waals surface area contributed by atoms with Crippen molar-refractivity contribution in [3.05, 3.63) is 62.4 Å². The van der Waals surface area contributed by atoms with Crippen molar-refractivity contribution in [1.29, 1.82) is 0 Å². The highest BCUT2D eigenvalue weighted by molar-refractivity contribution is 7.93. The van der Waals surface area contributed by atoms with E-state index >= 15 is 0 Å². The first-order valence-electron chi connectivity index (χ1n) is 5.61. The number of carbonyl (C=O) groups is 1. The van der Waals surface area contributed by atoms with Gasteiger partial charge in [0.15, 0.2) is 0 Å². The van der Waals surface area contributed by atoms with Crippen LogP contribution in [0.1, 0.15) is 15.2 Å². The lowest BCUT2D eigenvalue weighted by atomic mass is 10.2. The van der Waals surface area contributed by atoms with Gasteiger partial charge in [-0.1, -0.05) is 17.7 Å². The second kappa shape index (κ2) is 6.38. The highest BCUT2D eigenvalue weighted by Crippen LogP contribution is 2.17. The second-order valence-corrected chi connectivity index (χ2v) is 6.87. The number of carbonyl (C=O) groups excluding carboxylic acids is 1. The maximum absolute atomic E-state index is 12.9. The molecule has 2 rings (SSSR count). The third-order valence-electron chi connectivity index (χ3n) is 2.37. The molecule has 2 aromatic rings. The summed E-state index contributed by atoms with van der Waals surface area (Å²) < 4.78 is 38.2. The summed E-state index contributed by atoms with van der Waals surface area (Å²) in [5.74, 6) is -1.53. The van der Waals surface area contributed by atoms with Gasteiger partial charge in [0, 0.05) is 4.88 Å². The topological polar surface area (TPSA) is 63.2 Å². The number of sulfonamides is 1. The van der Waals surface area contributed by atoms with Gasteiger partial charge in [0.05, 0.1) is 16.0 Å². The Morgan fingerprint density at radius 2 is 2.10 bits per heavy atom. The van der Waals surface area contributed by atoms with Crippen molar-refractivity contribution in [1.82, 2.24) is 4.72 Å². The molecule has 110 valence electrons. The third-order valence-corrected chi connectivity index (χ3v) is 4.48. The zero-order valence-corrected chi connectivity index (χ0v) is 12.8. The Bertz CT molecular complexity index is 786. The van der Waals surface area contributed by atoms with E-state index in [1.54, 1.807) is 17.5 Å². The van der Waals surface area contributed by atoms with Crippen molar-refractivity contribution in [2.24, 2.45) is 0 Å². The first-order chi connectivity index (χ1) is 9.87. The quantitative estimate of drug-likeness (QED) is 0.925. The van der Waals surface area contributed by atoms with E-state index in [0.717, 1.165) is 28.5 Å². The summed E-state index contributed by atoms with van der Waals surface area (Å²) in [4.78, 5) is 12.6. The zero-order chi connectivity index (χ0) is 15.5. The van der Waals surface area contributed by atoms with Crippen molar-refractivity contribution < 1.29 is 17.6 Å². The van der Waals surface area contributed by atoms with Crippen LogP contribution in [0.4, 0.5) is 4.39 Å². The molecule has 1 N–H and O–H groups in total. The highest BCUT2D eigenvalue weighted by atomic mass is 35.5. The second-order valence-electron chi connectivity index (χ2n) is 3.92. The molecule has 0 saturated carbocycles.